The van der Waals surface area contributed by atoms with Crippen LogP contribution in [0.2, 0.25) is 0 Å². The number of aromatic nitrogens is 1. The minimum atomic E-state index is -3.62. The van der Waals surface area contributed by atoms with Crippen molar-refractivity contribution >= 4 is 16.0 Å². The topological polar surface area (TPSA) is 89.7 Å². The van der Waals surface area contributed by atoms with Gasteiger partial charge in [-0.2, -0.15) is 4.31 Å². The van der Waals surface area contributed by atoms with E-state index in [1.54, 1.807) is 32.9 Å². The molecule has 1 aromatic heterocycles. The monoisotopic (exact) mass is 392 g/mol. The van der Waals surface area contributed by atoms with Gasteiger partial charge in [0, 0.05) is 13.1 Å². The Morgan fingerprint density at radius 3 is 2.52 bits per heavy atom. The second-order valence-electron chi connectivity index (χ2n) is 6.82. The Kier molecular flexibility index (Phi) is 5.67. The van der Waals surface area contributed by atoms with E-state index in [1.807, 2.05) is 0 Å². The van der Waals surface area contributed by atoms with Crippen molar-refractivity contribution in [2.24, 2.45) is 0 Å². The first-order chi connectivity index (χ1) is 12.8. The van der Waals surface area contributed by atoms with Crippen LogP contribution in [-0.2, 0) is 21.4 Å². The normalized spacial score (nSPS) is 15.7. The second-order valence-corrected chi connectivity index (χ2v) is 8.73. The third-order valence-electron chi connectivity index (χ3n) is 4.89. The Morgan fingerprint density at radius 1 is 1.19 bits per heavy atom. The van der Waals surface area contributed by atoms with Gasteiger partial charge in [0.15, 0.2) is 0 Å². The number of carbonyl (C=O) groups is 1. The minimum absolute atomic E-state index is 0.0298. The van der Waals surface area contributed by atoms with Crippen LogP contribution in [0.25, 0.3) is 0 Å². The first-order valence-corrected chi connectivity index (χ1v) is 10.4. The number of rotatable bonds is 5. The number of piperidine rings is 1. The molecule has 146 valence electrons. The van der Waals surface area contributed by atoms with Crippen LogP contribution in [0, 0.1) is 20.8 Å². The third kappa shape index (κ3) is 4.06. The average molecular weight is 392 g/mol. The molecule has 1 aliphatic rings. The number of carbonyl (C=O) groups excluding carboxylic acids is 1. The van der Waals surface area contributed by atoms with E-state index in [0.29, 0.717) is 30.1 Å². The molecule has 27 heavy (non-hydrogen) atoms. The van der Waals surface area contributed by atoms with Crippen molar-refractivity contribution in [3.05, 3.63) is 46.3 Å². The Hall–Kier alpha value is -2.19. The number of hydrogen-bond acceptors (Lipinski definition) is 6. The fourth-order valence-corrected chi connectivity index (χ4v) is 4.95. The van der Waals surface area contributed by atoms with Crippen LogP contribution in [0.3, 0.4) is 0 Å². The van der Waals surface area contributed by atoms with Crippen LogP contribution < -0.4 is 0 Å². The molecule has 0 aliphatic carbocycles. The van der Waals surface area contributed by atoms with Gasteiger partial charge in [-0.15, -0.1) is 0 Å². The van der Waals surface area contributed by atoms with Crippen molar-refractivity contribution in [1.29, 1.82) is 0 Å². The van der Waals surface area contributed by atoms with E-state index in [9.17, 15) is 13.2 Å². The molecule has 0 spiro atoms. The molecule has 3 rings (SSSR count). The zero-order valence-electron chi connectivity index (χ0n) is 15.8. The van der Waals surface area contributed by atoms with Gasteiger partial charge in [0.2, 0.25) is 10.0 Å². The van der Waals surface area contributed by atoms with Crippen LogP contribution in [-0.4, -0.2) is 36.9 Å². The van der Waals surface area contributed by atoms with Crippen molar-refractivity contribution in [3.63, 3.8) is 0 Å². The van der Waals surface area contributed by atoms with E-state index in [-0.39, 0.29) is 17.1 Å². The molecule has 1 saturated heterocycles. The Labute approximate surface area is 159 Å². The smallest absolute Gasteiger partial charge is 0.338 e. The van der Waals surface area contributed by atoms with Gasteiger partial charge in [0.05, 0.1) is 21.7 Å². The van der Waals surface area contributed by atoms with Crippen LogP contribution in [0.1, 0.15) is 52.2 Å². The first-order valence-electron chi connectivity index (χ1n) is 9.00. The van der Waals surface area contributed by atoms with E-state index in [1.165, 1.54) is 10.4 Å². The average Bonchev–Trinajstić information content (AvgIpc) is 2.98. The molecule has 0 unspecified atom stereocenters. The highest BCUT2D eigenvalue weighted by atomic mass is 32.2. The van der Waals surface area contributed by atoms with E-state index in [4.69, 9.17) is 9.26 Å². The summed E-state index contributed by atoms with van der Waals surface area (Å²) in [6, 6.07) is 4.64. The summed E-state index contributed by atoms with van der Waals surface area (Å²) in [5.41, 5.74) is 2.21. The molecule has 7 nitrogen and oxygen atoms in total. The zero-order chi connectivity index (χ0) is 19.6. The maximum atomic E-state index is 13.0. The number of benzene rings is 1. The van der Waals surface area contributed by atoms with Crippen LogP contribution >= 0.6 is 0 Å². The predicted octanol–water partition coefficient (Wildman–Crippen LogP) is 3.13. The Balaban J connectivity index is 1.81. The largest absolute Gasteiger partial charge is 0.457 e. The molecule has 1 fully saturated rings. The molecule has 2 aromatic rings. The minimum Gasteiger partial charge on any atom is -0.457 e. The van der Waals surface area contributed by atoms with Gasteiger partial charge in [-0.3, -0.25) is 0 Å². The molecule has 0 atom stereocenters. The van der Waals surface area contributed by atoms with Crippen molar-refractivity contribution in [1.82, 2.24) is 9.46 Å². The number of hydrogen-bond donors (Lipinski definition) is 0. The summed E-state index contributed by atoms with van der Waals surface area (Å²) in [5.74, 6) is 0.0164. The number of ether oxygens (including phenoxy) is 1. The second kappa shape index (κ2) is 7.82. The summed E-state index contributed by atoms with van der Waals surface area (Å²) in [4.78, 5) is 12.6. The lowest BCUT2D eigenvalue weighted by molar-refractivity contribution is 0.0470. The standard InChI is InChI=1S/C19H24N2O5S/c1-13-7-8-16(19(22)25-12-17-14(2)20-26-15(17)3)11-18(13)27(23,24)21-9-5-4-6-10-21/h7-8,11H,4-6,9-10,12H2,1-3H3. The van der Waals surface area contributed by atoms with Gasteiger partial charge in [-0.25, -0.2) is 13.2 Å². The highest BCUT2D eigenvalue weighted by Gasteiger charge is 2.28. The van der Waals surface area contributed by atoms with E-state index < -0.39 is 16.0 Å². The molecule has 0 N–H and O–H groups in total. The summed E-state index contributed by atoms with van der Waals surface area (Å²) in [5, 5.41) is 3.83. The van der Waals surface area contributed by atoms with Gasteiger partial charge in [0.1, 0.15) is 12.4 Å². The quantitative estimate of drug-likeness (QED) is 0.726. The molecule has 2 heterocycles. The van der Waals surface area contributed by atoms with Crippen molar-refractivity contribution in [3.8, 4) is 0 Å². The summed E-state index contributed by atoms with van der Waals surface area (Å²) >= 11 is 0. The molecule has 0 amide bonds. The van der Waals surface area contributed by atoms with Gasteiger partial charge >= 0.3 is 5.97 Å². The lowest BCUT2D eigenvalue weighted by Gasteiger charge is -2.26. The zero-order valence-corrected chi connectivity index (χ0v) is 16.6. The molecule has 0 radical (unpaired) electrons. The fraction of sp³-hybridized carbons (Fsp3) is 0.474. The van der Waals surface area contributed by atoms with Gasteiger partial charge in [-0.1, -0.05) is 17.6 Å². The van der Waals surface area contributed by atoms with Gasteiger partial charge in [-0.05, 0) is 51.3 Å². The Morgan fingerprint density at radius 2 is 1.89 bits per heavy atom. The van der Waals surface area contributed by atoms with E-state index >= 15 is 0 Å². The molecule has 8 heteroatoms. The lowest BCUT2D eigenvalue weighted by Crippen LogP contribution is -2.36. The third-order valence-corrected chi connectivity index (χ3v) is 6.93. The number of sulfonamides is 1. The van der Waals surface area contributed by atoms with Gasteiger partial charge in [0.25, 0.3) is 0 Å². The Bertz CT molecular complexity index is 924. The maximum Gasteiger partial charge on any atom is 0.338 e. The first kappa shape index (κ1) is 19.6. The van der Waals surface area contributed by atoms with Crippen LogP contribution in [0.4, 0.5) is 0 Å². The maximum absolute atomic E-state index is 13.0. The van der Waals surface area contributed by atoms with Crippen molar-refractivity contribution < 1.29 is 22.5 Å². The number of esters is 1. The highest BCUT2D eigenvalue weighted by Crippen LogP contribution is 2.25. The molecule has 1 aromatic carbocycles. The summed E-state index contributed by atoms with van der Waals surface area (Å²) in [6.45, 7) is 6.32. The summed E-state index contributed by atoms with van der Waals surface area (Å²) < 4.78 is 37.8. The summed E-state index contributed by atoms with van der Waals surface area (Å²) in [6.07, 6.45) is 2.76. The predicted molar refractivity (Wildman–Crippen MR) is 98.9 cm³/mol. The number of nitrogens with zero attached hydrogens (tertiary/aromatic N) is 2. The van der Waals surface area contributed by atoms with E-state index in [2.05, 4.69) is 5.16 Å². The summed E-state index contributed by atoms with van der Waals surface area (Å²) in [7, 11) is -3.62. The highest BCUT2D eigenvalue weighted by molar-refractivity contribution is 7.89. The molecule has 0 saturated carbocycles. The molecule has 1 aliphatic heterocycles. The van der Waals surface area contributed by atoms with Crippen molar-refractivity contribution in [2.75, 3.05) is 13.1 Å². The van der Waals surface area contributed by atoms with Gasteiger partial charge < -0.3 is 9.26 Å². The van der Waals surface area contributed by atoms with E-state index in [0.717, 1.165) is 24.8 Å². The molecule has 0 bridgehead atoms. The lowest BCUT2D eigenvalue weighted by atomic mass is 10.1. The van der Waals surface area contributed by atoms with Crippen molar-refractivity contribution in [2.45, 2.75) is 51.5 Å². The van der Waals surface area contributed by atoms with Crippen LogP contribution in [0.5, 0.6) is 0 Å². The molecular weight excluding hydrogens is 368 g/mol. The fourth-order valence-electron chi connectivity index (χ4n) is 3.18. The number of aryl methyl sites for hydroxylation is 3. The SMILES string of the molecule is Cc1ccc(C(=O)OCc2c(C)noc2C)cc1S(=O)(=O)N1CCCCC1. The van der Waals surface area contributed by atoms with Crippen LogP contribution in [0.15, 0.2) is 27.6 Å². The molecular formula is C19H24N2O5S.